The van der Waals surface area contributed by atoms with Crippen molar-refractivity contribution in [2.45, 2.75) is 18.1 Å². The summed E-state index contributed by atoms with van der Waals surface area (Å²) in [5.74, 6) is 0.599. The third kappa shape index (κ3) is 2.38. The minimum Gasteiger partial charge on any atom is -0.497 e. The second-order valence-electron chi connectivity index (χ2n) is 4.87. The molecule has 1 heterocycles. The Balaban J connectivity index is 2.06. The molecule has 2 aromatic rings. The Bertz CT molecular complexity index is 829. The summed E-state index contributed by atoms with van der Waals surface area (Å²) < 4.78 is 30.4. The fourth-order valence-corrected chi connectivity index (χ4v) is 3.56. The van der Waals surface area contributed by atoms with Gasteiger partial charge in [0.15, 0.2) is 0 Å². The summed E-state index contributed by atoms with van der Waals surface area (Å²) in [4.78, 5) is 0. The number of aromatic nitrogens is 2. The van der Waals surface area contributed by atoms with Crippen LogP contribution < -0.4 is 4.74 Å². The van der Waals surface area contributed by atoms with E-state index in [0.29, 0.717) is 35.3 Å². The lowest BCUT2D eigenvalue weighted by molar-refractivity contribution is 0.415. The van der Waals surface area contributed by atoms with Crippen LogP contribution in [0.1, 0.15) is 18.4 Å². The molecule has 7 heteroatoms. The average Bonchev–Trinajstić information content (AvgIpc) is 3.24. The van der Waals surface area contributed by atoms with Gasteiger partial charge in [-0.05, 0) is 31.0 Å². The molecule has 1 aliphatic carbocycles. The Hall–Kier alpha value is -2.33. The summed E-state index contributed by atoms with van der Waals surface area (Å²) >= 11 is 0. The maximum Gasteiger partial charge on any atom is 0.256 e. The Morgan fingerprint density at radius 1 is 1.43 bits per heavy atom. The first-order valence-corrected chi connectivity index (χ1v) is 7.94. The third-order valence-electron chi connectivity index (χ3n) is 3.42. The van der Waals surface area contributed by atoms with Crippen molar-refractivity contribution in [1.29, 1.82) is 5.26 Å². The van der Waals surface area contributed by atoms with E-state index < -0.39 is 10.0 Å². The molecule has 0 unspecified atom stereocenters. The van der Waals surface area contributed by atoms with E-state index in [4.69, 9.17) is 4.74 Å². The van der Waals surface area contributed by atoms with Crippen LogP contribution >= 0.6 is 0 Å². The predicted molar refractivity (Wildman–Crippen MR) is 76.3 cm³/mol. The fourth-order valence-electron chi connectivity index (χ4n) is 2.09. The second-order valence-corrected chi connectivity index (χ2v) is 6.94. The van der Waals surface area contributed by atoms with Gasteiger partial charge in [0, 0.05) is 11.1 Å². The van der Waals surface area contributed by atoms with Crippen LogP contribution in [0.25, 0.3) is 11.1 Å². The highest BCUT2D eigenvalue weighted by atomic mass is 32.2. The van der Waals surface area contributed by atoms with Gasteiger partial charge in [0.05, 0.1) is 36.4 Å². The van der Waals surface area contributed by atoms with Crippen molar-refractivity contribution < 1.29 is 13.2 Å². The van der Waals surface area contributed by atoms with Crippen molar-refractivity contribution in [3.8, 4) is 22.9 Å². The van der Waals surface area contributed by atoms with E-state index in [2.05, 4.69) is 11.2 Å². The van der Waals surface area contributed by atoms with Gasteiger partial charge in [-0.3, -0.25) is 0 Å². The van der Waals surface area contributed by atoms with Crippen LogP contribution in [-0.4, -0.2) is 30.0 Å². The molecule has 0 amide bonds. The number of benzene rings is 1. The van der Waals surface area contributed by atoms with E-state index in [0.717, 1.165) is 4.09 Å². The van der Waals surface area contributed by atoms with Gasteiger partial charge < -0.3 is 4.74 Å². The topological polar surface area (TPSA) is 85.0 Å². The summed E-state index contributed by atoms with van der Waals surface area (Å²) in [6.07, 6.45) is 4.26. The molecule has 0 saturated heterocycles. The zero-order chi connectivity index (χ0) is 15.0. The number of nitriles is 1. The minimum absolute atomic E-state index is 0.328. The first kappa shape index (κ1) is 13.6. The third-order valence-corrected chi connectivity index (χ3v) is 5.46. The van der Waals surface area contributed by atoms with Crippen LogP contribution in [0.4, 0.5) is 0 Å². The molecule has 6 nitrogen and oxygen atoms in total. The van der Waals surface area contributed by atoms with Crippen LogP contribution in [0.5, 0.6) is 5.75 Å². The van der Waals surface area contributed by atoms with Crippen LogP contribution in [0.15, 0.2) is 30.6 Å². The Kier molecular flexibility index (Phi) is 3.18. The van der Waals surface area contributed by atoms with Gasteiger partial charge in [-0.25, -0.2) is 8.42 Å². The molecule has 0 radical (unpaired) electrons. The minimum atomic E-state index is -3.40. The van der Waals surface area contributed by atoms with E-state index in [1.165, 1.54) is 19.5 Å². The number of hydrogen-bond donors (Lipinski definition) is 0. The highest BCUT2D eigenvalue weighted by molar-refractivity contribution is 7.90. The summed E-state index contributed by atoms with van der Waals surface area (Å²) in [6, 6.07) is 7.11. The fraction of sp³-hybridized carbons (Fsp3) is 0.286. The largest absolute Gasteiger partial charge is 0.497 e. The van der Waals surface area contributed by atoms with E-state index in [1.54, 1.807) is 18.2 Å². The number of rotatable bonds is 4. The zero-order valence-electron chi connectivity index (χ0n) is 11.4. The molecule has 1 fully saturated rings. The molecule has 21 heavy (non-hydrogen) atoms. The summed E-state index contributed by atoms with van der Waals surface area (Å²) in [7, 11) is -1.86. The first-order chi connectivity index (χ1) is 10.1. The van der Waals surface area contributed by atoms with Gasteiger partial charge in [-0.2, -0.15) is 14.4 Å². The number of methoxy groups -OCH3 is 1. The van der Waals surface area contributed by atoms with Gasteiger partial charge in [0.2, 0.25) is 0 Å². The van der Waals surface area contributed by atoms with E-state index in [1.807, 2.05) is 0 Å². The van der Waals surface area contributed by atoms with Crippen molar-refractivity contribution in [3.63, 3.8) is 0 Å². The van der Waals surface area contributed by atoms with Gasteiger partial charge in [-0.1, -0.05) is 0 Å². The summed E-state index contributed by atoms with van der Waals surface area (Å²) in [5, 5.41) is 12.8. The van der Waals surface area contributed by atoms with Crippen molar-refractivity contribution in [2.75, 3.05) is 7.11 Å². The second kappa shape index (κ2) is 4.90. The van der Waals surface area contributed by atoms with Crippen molar-refractivity contribution in [3.05, 3.63) is 36.2 Å². The molecule has 1 aliphatic rings. The maximum absolute atomic E-state index is 12.1. The van der Waals surface area contributed by atoms with Crippen LogP contribution in [0, 0.1) is 11.3 Å². The lowest BCUT2D eigenvalue weighted by Gasteiger charge is -2.05. The number of nitrogens with zero attached hydrogens (tertiary/aromatic N) is 3. The Morgan fingerprint density at radius 3 is 2.81 bits per heavy atom. The highest BCUT2D eigenvalue weighted by Gasteiger charge is 2.37. The quantitative estimate of drug-likeness (QED) is 0.859. The maximum atomic E-state index is 12.1. The molecule has 0 N–H and O–H groups in total. The molecule has 0 spiro atoms. The monoisotopic (exact) mass is 303 g/mol. The van der Waals surface area contributed by atoms with E-state index >= 15 is 0 Å². The number of ether oxygens (including phenoxy) is 1. The standard InChI is InChI=1S/C14H13N3O3S/c1-20-12-3-2-10(7-15)14(6-12)11-8-16-17(9-11)21(18,19)13-4-5-13/h2-3,6,8-9,13H,4-5H2,1H3. The lowest BCUT2D eigenvalue weighted by Crippen LogP contribution is -2.17. The summed E-state index contributed by atoms with van der Waals surface area (Å²) in [5.41, 5.74) is 1.63. The van der Waals surface area contributed by atoms with E-state index in [-0.39, 0.29) is 5.25 Å². The Morgan fingerprint density at radius 2 is 2.19 bits per heavy atom. The van der Waals surface area contributed by atoms with Crippen LogP contribution in [0.2, 0.25) is 0 Å². The molecule has 3 rings (SSSR count). The Labute approximate surface area is 122 Å². The van der Waals surface area contributed by atoms with Gasteiger partial charge in [0.25, 0.3) is 10.0 Å². The molecule has 1 aromatic carbocycles. The zero-order valence-corrected chi connectivity index (χ0v) is 12.2. The molecule has 0 bridgehead atoms. The SMILES string of the molecule is COc1ccc(C#N)c(-c2cnn(S(=O)(=O)C3CC3)c2)c1. The molecular formula is C14H13N3O3S. The van der Waals surface area contributed by atoms with Crippen LogP contribution in [-0.2, 0) is 10.0 Å². The van der Waals surface area contributed by atoms with Gasteiger partial charge >= 0.3 is 0 Å². The van der Waals surface area contributed by atoms with Crippen molar-refractivity contribution >= 4 is 10.0 Å². The number of hydrogen-bond acceptors (Lipinski definition) is 5. The molecule has 0 atom stereocenters. The predicted octanol–water partition coefficient (Wildman–Crippen LogP) is 1.77. The molecule has 1 saturated carbocycles. The van der Waals surface area contributed by atoms with E-state index in [9.17, 15) is 13.7 Å². The van der Waals surface area contributed by atoms with Crippen molar-refractivity contribution in [2.24, 2.45) is 0 Å². The van der Waals surface area contributed by atoms with Gasteiger partial charge in [0.1, 0.15) is 5.75 Å². The smallest absolute Gasteiger partial charge is 0.256 e. The highest BCUT2D eigenvalue weighted by Crippen LogP contribution is 2.32. The summed E-state index contributed by atoms with van der Waals surface area (Å²) in [6.45, 7) is 0. The average molecular weight is 303 g/mol. The normalized spacial score (nSPS) is 14.7. The van der Waals surface area contributed by atoms with Crippen LogP contribution in [0.3, 0.4) is 0 Å². The molecule has 0 aliphatic heterocycles. The van der Waals surface area contributed by atoms with Gasteiger partial charge in [-0.15, -0.1) is 0 Å². The van der Waals surface area contributed by atoms with Crippen molar-refractivity contribution in [1.82, 2.24) is 9.19 Å². The first-order valence-electron chi connectivity index (χ1n) is 6.44. The molecule has 1 aromatic heterocycles. The molecular weight excluding hydrogens is 290 g/mol. The lowest BCUT2D eigenvalue weighted by atomic mass is 10.0. The molecule has 108 valence electrons.